The zero-order valence-corrected chi connectivity index (χ0v) is 7.08. The fourth-order valence-corrected chi connectivity index (χ4v) is 1.44. The van der Waals surface area contributed by atoms with Crippen LogP contribution in [0.3, 0.4) is 0 Å². The summed E-state index contributed by atoms with van der Waals surface area (Å²) in [4.78, 5) is 3.98. The topological polar surface area (TPSA) is 48.1 Å². The van der Waals surface area contributed by atoms with Crippen molar-refractivity contribution >= 4 is 5.69 Å². The Balaban J connectivity index is 2.45. The van der Waals surface area contributed by atoms with Crippen LogP contribution < -0.4 is 10.5 Å². The molecule has 64 valence electrons. The summed E-state index contributed by atoms with van der Waals surface area (Å²) in [5, 5.41) is 0. The van der Waals surface area contributed by atoms with E-state index < -0.39 is 0 Å². The SMILES string of the molecule is COc1cncc(N)c1C1CC1. The Morgan fingerprint density at radius 3 is 2.83 bits per heavy atom. The van der Waals surface area contributed by atoms with Gasteiger partial charge in [0.15, 0.2) is 0 Å². The van der Waals surface area contributed by atoms with Crippen LogP contribution in [0.4, 0.5) is 5.69 Å². The highest BCUT2D eigenvalue weighted by molar-refractivity contribution is 5.55. The van der Waals surface area contributed by atoms with Gasteiger partial charge in [-0.3, -0.25) is 4.98 Å². The van der Waals surface area contributed by atoms with Crippen molar-refractivity contribution in [1.29, 1.82) is 0 Å². The first kappa shape index (κ1) is 7.40. The van der Waals surface area contributed by atoms with Gasteiger partial charge < -0.3 is 10.5 Å². The molecule has 0 aliphatic heterocycles. The number of pyridine rings is 1. The van der Waals surface area contributed by atoms with Gasteiger partial charge in [-0.2, -0.15) is 0 Å². The number of nitrogens with two attached hydrogens (primary N) is 1. The van der Waals surface area contributed by atoms with Gasteiger partial charge in [-0.25, -0.2) is 0 Å². The smallest absolute Gasteiger partial charge is 0.142 e. The summed E-state index contributed by atoms with van der Waals surface area (Å²) in [6.07, 6.45) is 5.87. The van der Waals surface area contributed by atoms with Crippen molar-refractivity contribution < 1.29 is 4.74 Å². The predicted octanol–water partition coefficient (Wildman–Crippen LogP) is 1.55. The van der Waals surface area contributed by atoms with Crippen molar-refractivity contribution in [2.45, 2.75) is 18.8 Å². The Hall–Kier alpha value is -1.25. The van der Waals surface area contributed by atoms with E-state index in [9.17, 15) is 0 Å². The molecule has 1 aromatic heterocycles. The molecule has 0 unspecified atom stereocenters. The monoisotopic (exact) mass is 164 g/mol. The van der Waals surface area contributed by atoms with Gasteiger partial charge in [-0.15, -0.1) is 0 Å². The molecule has 12 heavy (non-hydrogen) atoms. The van der Waals surface area contributed by atoms with Gasteiger partial charge >= 0.3 is 0 Å². The van der Waals surface area contributed by atoms with Crippen LogP contribution in [0.1, 0.15) is 24.3 Å². The van der Waals surface area contributed by atoms with E-state index in [4.69, 9.17) is 10.5 Å². The van der Waals surface area contributed by atoms with E-state index in [1.54, 1.807) is 19.5 Å². The third-order valence-corrected chi connectivity index (χ3v) is 2.19. The standard InChI is InChI=1S/C9H12N2O/c1-12-8-5-11-4-7(10)9(8)6-2-3-6/h4-6H,2-3,10H2,1H3. The van der Waals surface area contributed by atoms with E-state index in [1.807, 2.05) is 0 Å². The van der Waals surface area contributed by atoms with Crippen molar-refractivity contribution in [3.63, 3.8) is 0 Å². The number of aromatic nitrogens is 1. The molecule has 0 spiro atoms. The van der Waals surface area contributed by atoms with E-state index in [0.717, 1.165) is 17.0 Å². The molecule has 1 saturated carbocycles. The number of anilines is 1. The molecule has 2 rings (SSSR count). The molecular formula is C9H12N2O. The minimum absolute atomic E-state index is 0.614. The summed E-state index contributed by atoms with van der Waals surface area (Å²) < 4.78 is 5.18. The van der Waals surface area contributed by atoms with Gasteiger partial charge in [-0.1, -0.05) is 0 Å². The van der Waals surface area contributed by atoms with Crippen LogP contribution in [-0.4, -0.2) is 12.1 Å². The van der Waals surface area contributed by atoms with Crippen LogP contribution in [-0.2, 0) is 0 Å². The van der Waals surface area contributed by atoms with Gasteiger partial charge in [0.1, 0.15) is 5.75 Å². The lowest BCUT2D eigenvalue weighted by Crippen LogP contribution is -1.97. The van der Waals surface area contributed by atoms with Gasteiger partial charge in [-0.05, 0) is 18.8 Å². The largest absolute Gasteiger partial charge is 0.495 e. The summed E-state index contributed by atoms with van der Waals surface area (Å²) in [7, 11) is 1.66. The summed E-state index contributed by atoms with van der Waals surface area (Å²) >= 11 is 0. The van der Waals surface area contributed by atoms with Gasteiger partial charge in [0.25, 0.3) is 0 Å². The first-order chi connectivity index (χ1) is 5.83. The van der Waals surface area contributed by atoms with Crippen molar-refractivity contribution in [3.05, 3.63) is 18.0 Å². The fourth-order valence-electron chi connectivity index (χ4n) is 1.44. The minimum Gasteiger partial charge on any atom is -0.495 e. The molecule has 0 saturated heterocycles. The molecular weight excluding hydrogens is 152 g/mol. The molecule has 1 aromatic rings. The van der Waals surface area contributed by atoms with E-state index in [0.29, 0.717) is 5.92 Å². The van der Waals surface area contributed by atoms with Gasteiger partial charge in [0, 0.05) is 5.56 Å². The van der Waals surface area contributed by atoms with Crippen LogP contribution in [0.15, 0.2) is 12.4 Å². The Morgan fingerprint density at radius 1 is 1.50 bits per heavy atom. The summed E-state index contributed by atoms with van der Waals surface area (Å²) in [5.41, 5.74) is 7.70. The third kappa shape index (κ3) is 1.11. The number of nitrogens with zero attached hydrogens (tertiary/aromatic N) is 1. The zero-order chi connectivity index (χ0) is 8.55. The highest BCUT2D eigenvalue weighted by Gasteiger charge is 2.28. The molecule has 1 fully saturated rings. The molecule has 1 heterocycles. The lowest BCUT2D eigenvalue weighted by Gasteiger charge is -2.08. The number of hydrogen-bond acceptors (Lipinski definition) is 3. The van der Waals surface area contributed by atoms with Gasteiger partial charge in [0.05, 0.1) is 25.2 Å². The minimum atomic E-state index is 0.614. The van der Waals surface area contributed by atoms with Gasteiger partial charge in [0.2, 0.25) is 0 Å². The Labute approximate surface area is 71.6 Å². The van der Waals surface area contributed by atoms with Crippen LogP contribution in [0.25, 0.3) is 0 Å². The molecule has 2 N–H and O–H groups in total. The second-order valence-corrected chi connectivity index (χ2v) is 3.12. The first-order valence-electron chi connectivity index (χ1n) is 4.10. The molecule has 3 nitrogen and oxygen atoms in total. The fraction of sp³-hybridized carbons (Fsp3) is 0.444. The number of ether oxygens (including phenoxy) is 1. The third-order valence-electron chi connectivity index (χ3n) is 2.19. The van der Waals surface area contributed by atoms with Crippen LogP contribution in [0, 0.1) is 0 Å². The summed E-state index contributed by atoms with van der Waals surface area (Å²) in [5.74, 6) is 1.44. The van der Waals surface area contributed by atoms with Crippen molar-refractivity contribution in [2.24, 2.45) is 0 Å². The maximum atomic E-state index is 5.80. The molecule has 0 amide bonds. The summed E-state index contributed by atoms with van der Waals surface area (Å²) in [6, 6.07) is 0. The number of methoxy groups -OCH3 is 1. The zero-order valence-electron chi connectivity index (χ0n) is 7.08. The molecule has 0 bridgehead atoms. The number of rotatable bonds is 2. The van der Waals surface area contributed by atoms with Crippen molar-refractivity contribution in [1.82, 2.24) is 4.98 Å². The molecule has 0 aromatic carbocycles. The maximum Gasteiger partial charge on any atom is 0.142 e. The predicted molar refractivity (Wildman–Crippen MR) is 47.2 cm³/mol. The molecule has 0 radical (unpaired) electrons. The highest BCUT2D eigenvalue weighted by Crippen LogP contribution is 2.46. The van der Waals surface area contributed by atoms with E-state index >= 15 is 0 Å². The maximum absolute atomic E-state index is 5.80. The van der Waals surface area contributed by atoms with E-state index in [1.165, 1.54) is 12.8 Å². The molecule has 1 aliphatic carbocycles. The number of nitrogen functional groups attached to an aromatic ring is 1. The number of hydrogen-bond donors (Lipinski definition) is 1. The molecule has 3 heteroatoms. The van der Waals surface area contributed by atoms with Crippen LogP contribution in [0.5, 0.6) is 5.75 Å². The normalized spacial score (nSPS) is 16.1. The van der Waals surface area contributed by atoms with Crippen molar-refractivity contribution in [3.8, 4) is 5.75 Å². The lowest BCUT2D eigenvalue weighted by atomic mass is 10.1. The Bertz CT molecular complexity index is 295. The Kier molecular flexibility index (Phi) is 1.64. The highest BCUT2D eigenvalue weighted by atomic mass is 16.5. The van der Waals surface area contributed by atoms with E-state index in [2.05, 4.69) is 4.98 Å². The van der Waals surface area contributed by atoms with E-state index in [-0.39, 0.29) is 0 Å². The average Bonchev–Trinajstić information content (AvgIpc) is 2.87. The second kappa shape index (κ2) is 2.66. The average molecular weight is 164 g/mol. The van der Waals surface area contributed by atoms with Crippen molar-refractivity contribution in [2.75, 3.05) is 12.8 Å². The Morgan fingerprint density at radius 2 is 2.25 bits per heavy atom. The quantitative estimate of drug-likeness (QED) is 0.721. The second-order valence-electron chi connectivity index (χ2n) is 3.12. The lowest BCUT2D eigenvalue weighted by molar-refractivity contribution is 0.408. The summed E-state index contributed by atoms with van der Waals surface area (Å²) in [6.45, 7) is 0. The molecule has 0 atom stereocenters. The molecule has 1 aliphatic rings. The van der Waals surface area contributed by atoms with Crippen LogP contribution >= 0.6 is 0 Å². The van der Waals surface area contributed by atoms with Crippen LogP contribution in [0.2, 0.25) is 0 Å². The first-order valence-corrected chi connectivity index (χ1v) is 4.10.